The number of aromatic carboxylic acids is 1. The molecule has 150 valence electrons. The van der Waals surface area contributed by atoms with Gasteiger partial charge in [-0.05, 0) is 55.3 Å². The SMILES string of the molecule is CCOc1ccc(/C=C2\SC(=S)N(c3ccc(C)c(C(=O)O)c3)C2=O)cc1OC. The van der Waals surface area contributed by atoms with Crippen LogP contribution in [0.2, 0.25) is 0 Å². The summed E-state index contributed by atoms with van der Waals surface area (Å²) in [6.07, 6.45) is 1.73. The first kappa shape index (κ1) is 20.9. The number of amides is 1. The lowest BCUT2D eigenvalue weighted by molar-refractivity contribution is -0.113. The van der Waals surface area contributed by atoms with Gasteiger partial charge in [-0.25, -0.2) is 4.79 Å². The van der Waals surface area contributed by atoms with Crippen LogP contribution in [0.15, 0.2) is 41.3 Å². The highest BCUT2D eigenvalue weighted by Gasteiger charge is 2.33. The van der Waals surface area contributed by atoms with Gasteiger partial charge in [-0.2, -0.15) is 0 Å². The number of methoxy groups -OCH3 is 1. The number of thioether (sulfide) groups is 1. The van der Waals surface area contributed by atoms with E-state index in [0.717, 1.165) is 5.56 Å². The fraction of sp³-hybridized carbons (Fsp3) is 0.190. The van der Waals surface area contributed by atoms with E-state index in [2.05, 4.69) is 0 Å². The van der Waals surface area contributed by atoms with Crippen molar-refractivity contribution in [3.63, 3.8) is 0 Å². The Kier molecular flexibility index (Phi) is 6.24. The number of hydrogen-bond acceptors (Lipinski definition) is 6. The highest BCUT2D eigenvalue weighted by atomic mass is 32.2. The fourth-order valence-corrected chi connectivity index (χ4v) is 4.17. The summed E-state index contributed by atoms with van der Waals surface area (Å²) in [5, 5.41) is 9.35. The largest absolute Gasteiger partial charge is 0.493 e. The van der Waals surface area contributed by atoms with Crippen molar-refractivity contribution >= 4 is 51.9 Å². The number of aryl methyl sites for hydroxylation is 1. The monoisotopic (exact) mass is 429 g/mol. The van der Waals surface area contributed by atoms with Crippen LogP contribution < -0.4 is 14.4 Å². The molecule has 0 aromatic heterocycles. The smallest absolute Gasteiger partial charge is 0.336 e. The molecule has 1 aliphatic heterocycles. The van der Waals surface area contributed by atoms with Crippen LogP contribution in [0.25, 0.3) is 6.08 Å². The number of rotatable bonds is 6. The quantitative estimate of drug-likeness (QED) is 0.535. The number of anilines is 1. The number of benzene rings is 2. The molecule has 0 unspecified atom stereocenters. The predicted octanol–water partition coefficient (Wildman–Crippen LogP) is 4.51. The van der Waals surface area contributed by atoms with Crippen LogP contribution in [0.1, 0.15) is 28.4 Å². The van der Waals surface area contributed by atoms with Crippen molar-refractivity contribution in [2.45, 2.75) is 13.8 Å². The molecule has 3 rings (SSSR count). The Bertz CT molecular complexity index is 1030. The van der Waals surface area contributed by atoms with Gasteiger partial charge in [0.2, 0.25) is 0 Å². The van der Waals surface area contributed by atoms with Crippen molar-refractivity contribution in [3.8, 4) is 11.5 Å². The molecule has 2 aromatic rings. The van der Waals surface area contributed by atoms with E-state index in [0.29, 0.717) is 38.6 Å². The molecule has 1 heterocycles. The minimum Gasteiger partial charge on any atom is -0.493 e. The number of carbonyl (C=O) groups is 2. The number of carboxylic acid groups (broad SMARTS) is 1. The van der Waals surface area contributed by atoms with Crippen LogP contribution in [0.4, 0.5) is 5.69 Å². The molecule has 6 nitrogen and oxygen atoms in total. The van der Waals surface area contributed by atoms with Gasteiger partial charge in [0.15, 0.2) is 15.8 Å². The molecule has 2 aromatic carbocycles. The van der Waals surface area contributed by atoms with Crippen molar-refractivity contribution in [2.24, 2.45) is 0 Å². The normalized spacial score (nSPS) is 15.1. The molecule has 0 atom stereocenters. The maximum Gasteiger partial charge on any atom is 0.336 e. The molecule has 1 aliphatic rings. The molecule has 0 radical (unpaired) electrons. The van der Waals surface area contributed by atoms with Gasteiger partial charge < -0.3 is 14.6 Å². The van der Waals surface area contributed by atoms with Gasteiger partial charge in [0.1, 0.15) is 0 Å². The zero-order valence-corrected chi connectivity index (χ0v) is 17.7. The van der Waals surface area contributed by atoms with E-state index in [-0.39, 0.29) is 11.5 Å². The predicted molar refractivity (Wildman–Crippen MR) is 118 cm³/mol. The number of ether oxygens (including phenoxy) is 2. The molecule has 0 spiro atoms. The first-order valence-electron chi connectivity index (χ1n) is 8.78. The Morgan fingerprint density at radius 2 is 2.00 bits per heavy atom. The Balaban J connectivity index is 1.93. The summed E-state index contributed by atoms with van der Waals surface area (Å²) >= 11 is 6.54. The first-order chi connectivity index (χ1) is 13.8. The van der Waals surface area contributed by atoms with Crippen LogP contribution in [0.5, 0.6) is 11.5 Å². The summed E-state index contributed by atoms with van der Waals surface area (Å²) in [5.74, 6) is -0.152. The molecule has 1 saturated heterocycles. The van der Waals surface area contributed by atoms with Gasteiger partial charge in [0, 0.05) is 0 Å². The van der Waals surface area contributed by atoms with Crippen molar-refractivity contribution in [2.75, 3.05) is 18.6 Å². The van der Waals surface area contributed by atoms with Crippen LogP contribution in [0.3, 0.4) is 0 Å². The van der Waals surface area contributed by atoms with Crippen LogP contribution in [0, 0.1) is 6.92 Å². The maximum atomic E-state index is 13.0. The van der Waals surface area contributed by atoms with E-state index in [4.69, 9.17) is 21.7 Å². The molecule has 29 heavy (non-hydrogen) atoms. The highest BCUT2D eigenvalue weighted by Crippen LogP contribution is 2.37. The van der Waals surface area contributed by atoms with Crippen LogP contribution in [-0.4, -0.2) is 35.0 Å². The lowest BCUT2D eigenvalue weighted by atomic mass is 10.1. The first-order valence-corrected chi connectivity index (χ1v) is 10.0. The van der Waals surface area contributed by atoms with E-state index in [1.165, 1.54) is 22.7 Å². The zero-order valence-electron chi connectivity index (χ0n) is 16.1. The second-order valence-corrected chi connectivity index (χ2v) is 7.84. The lowest BCUT2D eigenvalue weighted by Gasteiger charge is -2.16. The molecule has 1 fully saturated rings. The highest BCUT2D eigenvalue weighted by molar-refractivity contribution is 8.27. The van der Waals surface area contributed by atoms with Gasteiger partial charge in [0.25, 0.3) is 5.91 Å². The lowest BCUT2D eigenvalue weighted by Crippen LogP contribution is -2.27. The van der Waals surface area contributed by atoms with E-state index < -0.39 is 5.97 Å². The van der Waals surface area contributed by atoms with Crippen LogP contribution >= 0.6 is 24.0 Å². The van der Waals surface area contributed by atoms with Gasteiger partial charge >= 0.3 is 5.97 Å². The summed E-state index contributed by atoms with van der Waals surface area (Å²) in [5.41, 5.74) is 1.95. The van der Waals surface area contributed by atoms with Gasteiger partial charge in [-0.15, -0.1) is 0 Å². The second kappa shape index (κ2) is 8.67. The summed E-state index contributed by atoms with van der Waals surface area (Å²) in [6.45, 7) is 4.11. The standard InChI is InChI=1S/C21H19NO5S2/c1-4-27-16-8-6-13(9-17(16)26-3)10-18-19(23)22(21(28)29-18)14-7-5-12(2)15(11-14)20(24)25/h5-11H,4H2,1-3H3,(H,24,25)/b18-10-. The third-order valence-corrected chi connectivity index (χ3v) is 5.59. The minimum absolute atomic E-state index is 0.136. The molecule has 0 aliphatic carbocycles. The van der Waals surface area contributed by atoms with Gasteiger partial charge in [-0.3, -0.25) is 9.69 Å². The van der Waals surface area contributed by atoms with Gasteiger partial charge in [-0.1, -0.05) is 36.1 Å². The van der Waals surface area contributed by atoms with Crippen LogP contribution in [-0.2, 0) is 4.79 Å². The van der Waals surface area contributed by atoms with E-state index in [1.807, 2.05) is 13.0 Å². The molecular formula is C21H19NO5S2. The van der Waals surface area contributed by atoms with Crippen molar-refractivity contribution < 1.29 is 24.2 Å². The Labute approximate surface area is 178 Å². The van der Waals surface area contributed by atoms with Crippen molar-refractivity contribution in [3.05, 3.63) is 58.0 Å². The number of carbonyl (C=O) groups excluding carboxylic acids is 1. The molecule has 0 saturated carbocycles. The number of nitrogens with zero attached hydrogens (tertiary/aromatic N) is 1. The second-order valence-electron chi connectivity index (χ2n) is 6.16. The van der Waals surface area contributed by atoms with E-state index in [9.17, 15) is 14.7 Å². The van der Waals surface area contributed by atoms with E-state index >= 15 is 0 Å². The third kappa shape index (κ3) is 4.28. The Morgan fingerprint density at radius 3 is 2.66 bits per heavy atom. The zero-order chi connectivity index (χ0) is 21.1. The number of thiocarbonyl (C=S) groups is 1. The van der Waals surface area contributed by atoms with E-state index in [1.54, 1.807) is 44.4 Å². The maximum absolute atomic E-state index is 13.0. The van der Waals surface area contributed by atoms with Gasteiger partial charge in [0.05, 0.1) is 29.9 Å². The molecule has 8 heteroatoms. The molecule has 1 amide bonds. The fourth-order valence-electron chi connectivity index (χ4n) is 2.87. The molecule has 0 bridgehead atoms. The molecular weight excluding hydrogens is 410 g/mol. The summed E-state index contributed by atoms with van der Waals surface area (Å²) in [4.78, 5) is 26.2. The number of hydrogen-bond donors (Lipinski definition) is 1. The van der Waals surface area contributed by atoms with Crippen molar-refractivity contribution in [1.29, 1.82) is 0 Å². The number of carboxylic acids is 1. The minimum atomic E-state index is -1.05. The Hall–Kier alpha value is -2.84. The molecule has 1 N–H and O–H groups in total. The topological polar surface area (TPSA) is 76.1 Å². The third-order valence-electron chi connectivity index (χ3n) is 4.29. The summed E-state index contributed by atoms with van der Waals surface area (Å²) in [6, 6.07) is 10.2. The summed E-state index contributed by atoms with van der Waals surface area (Å²) in [7, 11) is 1.55. The average molecular weight is 430 g/mol. The van der Waals surface area contributed by atoms with Crippen molar-refractivity contribution in [1.82, 2.24) is 0 Å². The summed E-state index contributed by atoms with van der Waals surface area (Å²) < 4.78 is 11.2. The Morgan fingerprint density at radius 1 is 1.24 bits per heavy atom. The average Bonchev–Trinajstić information content (AvgIpc) is 2.96.